The molecule has 0 bridgehead atoms. The van der Waals surface area contributed by atoms with Crippen molar-refractivity contribution in [3.05, 3.63) is 23.8 Å². The number of sulfonamides is 1. The van der Waals surface area contributed by atoms with Gasteiger partial charge >= 0.3 is 0 Å². The normalized spacial score (nSPS) is 17.1. The minimum Gasteiger partial charge on any atom is -0.394 e. The maximum atomic E-state index is 13.8. The molecule has 1 fully saturated rings. The molecule has 0 amide bonds. The molecule has 0 heterocycles. The Kier molecular flexibility index (Phi) is 4.29. The van der Waals surface area contributed by atoms with Gasteiger partial charge in [0.05, 0.1) is 0 Å². The summed E-state index contributed by atoms with van der Waals surface area (Å²) >= 11 is 0. The van der Waals surface area contributed by atoms with Gasteiger partial charge in [-0.15, -0.1) is 0 Å². The second-order valence-electron chi connectivity index (χ2n) is 5.18. The van der Waals surface area contributed by atoms with Crippen LogP contribution in [0.1, 0.15) is 32.6 Å². The Labute approximate surface area is 117 Å². The summed E-state index contributed by atoms with van der Waals surface area (Å²) in [5.74, 6) is -1.66. The maximum absolute atomic E-state index is 13.8. The van der Waals surface area contributed by atoms with Crippen molar-refractivity contribution in [1.29, 1.82) is 0 Å². The van der Waals surface area contributed by atoms with Gasteiger partial charge in [-0.1, -0.05) is 19.8 Å². The van der Waals surface area contributed by atoms with E-state index in [0.717, 1.165) is 31.4 Å². The summed E-state index contributed by atoms with van der Waals surface area (Å²) in [6, 6.07) is 1.51. The van der Waals surface area contributed by atoms with Gasteiger partial charge in [-0.2, -0.15) is 0 Å². The highest BCUT2D eigenvalue weighted by Crippen LogP contribution is 2.34. The molecule has 0 aromatic heterocycles. The number of nitrogen functional groups attached to an aromatic ring is 1. The third kappa shape index (κ3) is 3.27. The molecular weight excluding hydrogens is 286 g/mol. The fourth-order valence-corrected chi connectivity index (χ4v) is 3.52. The van der Waals surface area contributed by atoms with Gasteiger partial charge in [-0.3, -0.25) is 0 Å². The van der Waals surface area contributed by atoms with E-state index in [-0.39, 0.29) is 6.04 Å². The van der Waals surface area contributed by atoms with Crippen molar-refractivity contribution in [2.75, 3.05) is 5.73 Å². The highest BCUT2D eigenvalue weighted by atomic mass is 32.2. The number of nitrogens with two attached hydrogens (primary N) is 1. The van der Waals surface area contributed by atoms with Crippen LogP contribution in [0.2, 0.25) is 0 Å². The average molecular weight is 304 g/mol. The van der Waals surface area contributed by atoms with Gasteiger partial charge in [0, 0.05) is 6.04 Å². The third-order valence-electron chi connectivity index (χ3n) is 3.51. The molecule has 1 saturated carbocycles. The van der Waals surface area contributed by atoms with Gasteiger partial charge in [-0.25, -0.2) is 21.9 Å². The van der Waals surface area contributed by atoms with E-state index in [2.05, 4.69) is 4.72 Å². The molecule has 0 aliphatic heterocycles. The summed E-state index contributed by atoms with van der Waals surface area (Å²) in [7, 11) is -4.03. The van der Waals surface area contributed by atoms with Crippen LogP contribution in [0.15, 0.2) is 17.0 Å². The van der Waals surface area contributed by atoms with Crippen LogP contribution in [0.4, 0.5) is 14.5 Å². The minimum absolute atomic E-state index is 0.238. The zero-order valence-corrected chi connectivity index (χ0v) is 12.0. The highest BCUT2D eigenvalue weighted by Gasteiger charge is 2.29. The average Bonchev–Trinajstić information content (AvgIpc) is 3.18. The van der Waals surface area contributed by atoms with E-state index in [1.165, 1.54) is 0 Å². The first-order valence-electron chi connectivity index (χ1n) is 6.61. The van der Waals surface area contributed by atoms with E-state index >= 15 is 0 Å². The molecule has 0 spiro atoms. The molecular formula is C13H18F2N2O2S. The van der Waals surface area contributed by atoms with Gasteiger partial charge in [0.15, 0.2) is 5.82 Å². The summed E-state index contributed by atoms with van der Waals surface area (Å²) in [4.78, 5) is -0.606. The summed E-state index contributed by atoms with van der Waals surface area (Å²) in [6.45, 7) is 1.87. The van der Waals surface area contributed by atoms with Gasteiger partial charge in [0.1, 0.15) is 16.4 Å². The quantitative estimate of drug-likeness (QED) is 0.793. The van der Waals surface area contributed by atoms with E-state index in [1.54, 1.807) is 0 Å². The van der Waals surface area contributed by atoms with Crippen molar-refractivity contribution >= 4 is 15.7 Å². The van der Waals surface area contributed by atoms with Gasteiger partial charge < -0.3 is 5.73 Å². The van der Waals surface area contributed by atoms with Crippen LogP contribution in [0, 0.1) is 17.6 Å². The Bertz CT molecular complexity index is 601. The van der Waals surface area contributed by atoms with Gasteiger partial charge in [-0.05, 0) is 30.9 Å². The molecule has 1 aromatic carbocycles. The molecule has 1 aliphatic carbocycles. The van der Waals surface area contributed by atoms with Crippen LogP contribution in [0.25, 0.3) is 0 Å². The Morgan fingerprint density at radius 1 is 1.40 bits per heavy atom. The molecule has 2 rings (SSSR count). The Morgan fingerprint density at radius 3 is 2.60 bits per heavy atom. The standard InChI is InChI=1S/C13H18F2N2O2S/c1-2-9(7-8-3-4-8)17-20(18,19)11-6-5-10(14)13(16)12(11)15/h5-6,8-9,17H,2-4,7,16H2,1H3. The lowest BCUT2D eigenvalue weighted by Crippen LogP contribution is -2.35. The first kappa shape index (κ1) is 15.2. The monoisotopic (exact) mass is 304 g/mol. The Balaban J connectivity index is 2.23. The van der Waals surface area contributed by atoms with Crippen molar-refractivity contribution < 1.29 is 17.2 Å². The topological polar surface area (TPSA) is 72.2 Å². The van der Waals surface area contributed by atoms with Gasteiger partial charge in [0.2, 0.25) is 10.0 Å². The first-order valence-corrected chi connectivity index (χ1v) is 8.09. The molecule has 1 aromatic rings. The molecule has 1 unspecified atom stereocenters. The number of hydrogen-bond donors (Lipinski definition) is 2. The van der Waals surface area contributed by atoms with Crippen LogP contribution in [0.5, 0.6) is 0 Å². The van der Waals surface area contributed by atoms with Crippen LogP contribution in [-0.4, -0.2) is 14.5 Å². The number of nitrogens with one attached hydrogen (secondary N) is 1. The number of anilines is 1. The summed E-state index contributed by atoms with van der Waals surface area (Å²) in [5, 5.41) is 0. The van der Waals surface area contributed by atoms with Crippen molar-refractivity contribution in [2.24, 2.45) is 5.92 Å². The summed E-state index contributed by atoms with van der Waals surface area (Å²) in [6.07, 6.45) is 3.58. The van der Waals surface area contributed by atoms with Crippen molar-refractivity contribution in [3.63, 3.8) is 0 Å². The van der Waals surface area contributed by atoms with Crippen molar-refractivity contribution in [1.82, 2.24) is 4.72 Å². The van der Waals surface area contributed by atoms with E-state index in [9.17, 15) is 17.2 Å². The minimum atomic E-state index is -4.03. The predicted octanol–water partition coefficient (Wildman–Crippen LogP) is 2.40. The fraction of sp³-hybridized carbons (Fsp3) is 0.538. The van der Waals surface area contributed by atoms with Crippen molar-refractivity contribution in [2.45, 2.75) is 43.5 Å². The van der Waals surface area contributed by atoms with Crippen LogP contribution < -0.4 is 10.5 Å². The second kappa shape index (κ2) is 5.65. The maximum Gasteiger partial charge on any atom is 0.243 e. The van der Waals surface area contributed by atoms with E-state index in [1.807, 2.05) is 6.92 Å². The van der Waals surface area contributed by atoms with Gasteiger partial charge in [0.25, 0.3) is 0 Å². The van der Waals surface area contributed by atoms with Crippen LogP contribution in [0.3, 0.4) is 0 Å². The molecule has 4 nitrogen and oxygen atoms in total. The summed E-state index contributed by atoms with van der Waals surface area (Å²) in [5.41, 5.74) is 4.42. The number of halogens is 2. The van der Waals surface area contributed by atoms with Crippen LogP contribution in [-0.2, 0) is 10.0 Å². The molecule has 1 aliphatic rings. The largest absolute Gasteiger partial charge is 0.394 e. The highest BCUT2D eigenvalue weighted by molar-refractivity contribution is 7.89. The predicted molar refractivity (Wildman–Crippen MR) is 72.5 cm³/mol. The SMILES string of the molecule is CCC(CC1CC1)NS(=O)(=O)c1ccc(F)c(N)c1F. The number of hydrogen-bond acceptors (Lipinski definition) is 3. The number of rotatable bonds is 6. The lowest BCUT2D eigenvalue weighted by atomic mass is 10.1. The Morgan fingerprint density at radius 2 is 2.05 bits per heavy atom. The molecule has 0 radical (unpaired) electrons. The molecule has 112 valence electrons. The van der Waals surface area contributed by atoms with E-state index in [4.69, 9.17) is 5.73 Å². The van der Waals surface area contributed by atoms with Crippen molar-refractivity contribution in [3.8, 4) is 0 Å². The lowest BCUT2D eigenvalue weighted by Gasteiger charge is -2.17. The molecule has 0 saturated heterocycles. The zero-order valence-electron chi connectivity index (χ0n) is 11.2. The first-order chi connectivity index (χ1) is 9.35. The smallest absolute Gasteiger partial charge is 0.243 e. The third-order valence-corrected chi connectivity index (χ3v) is 5.05. The van der Waals surface area contributed by atoms with E-state index < -0.39 is 32.2 Å². The molecule has 7 heteroatoms. The fourth-order valence-electron chi connectivity index (χ4n) is 2.09. The summed E-state index contributed by atoms with van der Waals surface area (Å²) < 4.78 is 53.7. The number of benzene rings is 1. The second-order valence-corrected chi connectivity index (χ2v) is 6.86. The Hall–Kier alpha value is -1.21. The zero-order chi connectivity index (χ0) is 14.9. The molecule has 1 atom stereocenters. The molecule has 3 N–H and O–H groups in total. The van der Waals surface area contributed by atoms with Crippen LogP contribution >= 0.6 is 0 Å². The molecule has 20 heavy (non-hydrogen) atoms. The lowest BCUT2D eigenvalue weighted by molar-refractivity contribution is 0.490. The van der Waals surface area contributed by atoms with E-state index in [0.29, 0.717) is 12.3 Å².